The molecule has 0 atom stereocenters. The van der Waals surface area contributed by atoms with Crippen molar-refractivity contribution in [2.45, 2.75) is 43.6 Å². The van der Waals surface area contributed by atoms with Gasteiger partial charge >= 0.3 is 0 Å². The lowest BCUT2D eigenvalue weighted by Crippen LogP contribution is -2.29. The largest absolute Gasteiger partial charge is 0.382 e. The maximum absolute atomic E-state index is 11.0. The predicted molar refractivity (Wildman–Crippen MR) is 79.9 cm³/mol. The first kappa shape index (κ1) is 15.3. The van der Waals surface area contributed by atoms with Gasteiger partial charge in [0.25, 0.3) is 0 Å². The van der Waals surface area contributed by atoms with Crippen LogP contribution in [0.15, 0.2) is 24.3 Å². The molecular formula is C14H22N2O3S. The van der Waals surface area contributed by atoms with E-state index < -0.39 is 10.0 Å². The van der Waals surface area contributed by atoms with E-state index in [2.05, 4.69) is 5.32 Å². The topological polar surface area (TPSA) is 81.4 Å². The van der Waals surface area contributed by atoms with Crippen molar-refractivity contribution in [3.63, 3.8) is 0 Å². The number of hydrogen-bond acceptors (Lipinski definition) is 4. The van der Waals surface area contributed by atoms with Gasteiger partial charge in [0.15, 0.2) is 0 Å². The van der Waals surface area contributed by atoms with Gasteiger partial charge in [-0.2, -0.15) is 0 Å². The second-order valence-electron chi connectivity index (χ2n) is 5.36. The highest BCUT2D eigenvalue weighted by molar-refractivity contribution is 7.88. The van der Waals surface area contributed by atoms with Crippen molar-refractivity contribution >= 4 is 15.7 Å². The number of methoxy groups -OCH3 is 1. The summed E-state index contributed by atoms with van der Waals surface area (Å²) in [7, 11) is -1.69. The van der Waals surface area contributed by atoms with Crippen LogP contribution in [0, 0.1) is 0 Å². The van der Waals surface area contributed by atoms with Crippen LogP contribution in [0.2, 0.25) is 0 Å². The summed E-state index contributed by atoms with van der Waals surface area (Å²) in [6, 6.07) is 7.87. The second-order valence-corrected chi connectivity index (χ2v) is 6.97. The molecule has 20 heavy (non-hydrogen) atoms. The Balaban J connectivity index is 1.88. The minimum Gasteiger partial charge on any atom is -0.382 e. The number of rotatable bonds is 5. The van der Waals surface area contributed by atoms with Crippen LogP contribution in [-0.2, 0) is 20.5 Å². The molecule has 3 N–H and O–H groups in total. The van der Waals surface area contributed by atoms with Crippen molar-refractivity contribution in [3.8, 4) is 0 Å². The fourth-order valence-electron chi connectivity index (χ4n) is 2.61. The van der Waals surface area contributed by atoms with Crippen LogP contribution in [0.4, 0.5) is 5.69 Å². The van der Waals surface area contributed by atoms with Crippen LogP contribution < -0.4 is 10.5 Å². The smallest absolute Gasteiger partial charge is 0.213 e. The van der Waals surface area contributed by atoms with E-state index in [9.17, 15) is 8.42 Å². The molecule has 0 heterocycles. The zero-order valence-corrected chi connectivity index (χ0v) is 12.5. The highest BCUT2D eigenvalue weighted by atomic mass is 32.2. The van der Waals surface area contributed by atoms with Crippen molar-refractivity contribution < 1.29 is 13.2 Å². The van der Waals surface area contributed by atoms with E-state index in [1.807, 2.05) is 12.1 Å². The van der Waals surface area contributed by atoms with Crippen molar-refractivity contribution in [2.75, 3.05) is 12.4 Å². The molecule has 1 aliphatic rings. The minimum absolute atomic E-state index is 0.119. The summed E-state index contributed by atoms with van der Waals surface area (Å²) >= 11 is 0. The molecule has 0 aliphatic heterocycles. The van der Waals surface area contributed by atoms with Gasteiger partial charge in [-0.05, 0) is 43.4 Å². The Morgan fingerprint density at radius 2 is 1.80 bits per heavy atom. The van der Waals surface area contributed by atoms with E-state index in [4.69, 9.17) is 9.88 Å². The molecule has 0 saturated heterocycles. The molecule has 112 valence electrons. The quantitative estimate of drug-likeness (QED) is 0.869. The van der Waals surface area contributed by atoms with Crippen molar-refractivity contribution in [1.29, 1.82) is 0 Å². The van der Waals surface area contributed by atoms with Gasteiger partial charge in [-0.1, -0.05) is 12.1 Å². The molecule has 0 spiro atoms. The average Bonchev–Trinajstić information content (AvgIpc) is 2.40. The van der Waals surface area contributed by atoms with Crippen LogP contribution >= 0.6 is 0 Å². The normalized spacial score (nSPS) is 23.5. The predicted octanol–water partition coefficient (Wildman–Crippen LogP) is 1.84. The zero-order valence-electron chi connectivity index (χ0n) is 11.7. The number of nitrogens with two attached hydrogens (primary N) is 1. The first-order valence-electron chi connectivity index (χ1n) is 6.85. The van der Waals surface area contributed by atoms with E-state index >= 15 is 0 Å². The molecule has 0 amide bonds. The molecule has 6 heteroatoms. The van der Waals surface area contributed by atoms with E-state index in [0.29, 0.717) is 17.7 Å². The van der Waals surface area contributed by atoms with Gasteiger partial charge in [0, 0.05) is 18.8 Å². The van der Waals surface area contributed by atoms with Gasteiger partial charge in [-0.3, -0.25) is 0 Å². The van der Waals surface area contributed by atoms with Crippen LogP contribution in [-0.4, -0.2) is 27.7 Å². The summed E-state index contributed by atoms with van der Waals surface area (Å²) in [6.07, 6.45) is 4.75. The molecule has 1 fully saturated rings. The molecule has 5 nitrogen and oxygen atoms in total. The Labute approximate surface area is 120 Å². The van der Waals surface area contributed by atoms with Gasteiger partial charge in [0.05, 0.1) is 11.9 Å². The Morgan fingerprint density at radius 1 is 1.20 bits per heavy atom. The molecule has 0 bridgehead atoms. The lowest BCUT2D eigenvalue weighted by atomic mass is 9.93. The van der Waals surface area contributed by atoms with E-state index in [-0.39, 0.29) is 5.75 Å². The molecule has 1 aliphatic carbocycles. The van der Waals surface area contributed by atoms with Crippen LogP contribution in [0.5, 0.6) is 0 Å². The molecule has 1 saturated carbocycles. The Hall–Kier alpha value is -1.11. The fourth-order valence-corrected chi connectivity index (χ4v) is 3.27. The van der Waals surface area contributed by atoms with E-state index in [0.717, 1.165) is 31.4 Å². The van der Waals surface area contributed by atoms with Crippen molar-refractivity contribution in [1.82, 2.24) is 0 Å². The van der Waals surface area contributed by atoms with Crippen LogP contribution in [0.25, 0.3) is 0 Å². The molecule has 1 aromatic carbocycles. The Kier molecular flexibility index (Phi) is 5.01. The van der Waals surface area contributed by atoms with E-state index in [1.54, 1.807) is 19.2 Å². The second kappa shape index (κ2) is 6.56. The minimum atomic E-state index is -3.46. The van der Waals surface area contributed by atoms with Gasteiger partial charge < -0.3 is 10.1 Å². The average molecular weight is 298 g/mol. The summed E-state index contributed by atoms with van der Waals surface area (Å²) in [4.78, 5) is 0. The highest BCUT2D eigenvalue weighted by Gasteiger charge is 2.20. The van der Waals surface area contributed by atoms with E-state index in [1.165, 1.54) is 0 Å². The number of sulfonamides is 1. The Bertz CT molecular complexity index is 520. The molecule has 0 unspecified atom stereocenters. The third-order valence-electron chi connectivity index (χ3n) is 3.70. The zero-order chi connectivity index (χ0) is 14.6. The van der Waals surface area contributed by atoms with Gasteiger partial charge in [0.1, 0.15) is 0 Å². The third-order valence-corrected chi connectivity index (χ3v) is 4.44. The lowest BCUT2D eigenvalue weighted by molar-refractivity contribution is 0.0682. The number of anilines is 1. The van der Waals surface area contributed by atoms with Gasteiger partial charge in [-0.15, -0.1) is 0 Å². The van der Waals surface area contributed by atoms with Crippen LogP contribution in [0.1, 0.15) is 31.2 Å². The molecule has 0 aromatic heterocycles. The molecule has 1 aromatic rings. The number of ether oxygens (including phenoxy) is 1. The van der Waals surface area contributed by atoms with Gasteiger partial charge in [-0.25, -0.2) is 13.6 Å². The molecular weight excluding hydrogens is 276 g/mol. The van der Waals surface area contributed by atoms with Crippen molar-refractivity contribution in [2.24, 2.45) is 5.14 Å². The molecule has 2 rings (SSSR count). The van der Waals surface area contributed by atoms with Crippen LogP contribution in [0.3, 0.4) is 0 Å². The number of nitrogens with one attached hydrogen (secondary N) is 1. The lowest BCUT2D eigenvalue weighted by Gasteiger charge is -2.28. The fraction of sp³-hybridized carbons (Fsp3) is 0.571. The Morgan fingerprint density at radius 3 is 2.30 bits per heavy atom. The summed E-state index contributed by atoms with van der Waals surface area (Å²) in [5.74, 6) is -0.119. The molecule has 0 radical (unpaired) electrons. The first-order valence-corrected chi connectivity index (χ1v) is 8.56. The SMILES string of the molecule is COC1CCC(Nc2ccc(CS(N)(=O)=O)cc2)CC1. The number of benzene rings is 1. The summed E-state index contributed by atoms with van der Waals surface area (Å²) in [6.45, 7) is 0. The maximum atomic E-state index is 11.0. The maximum Gasteiger partial charge on any atom is 0.213 e. The summed E-state index contributed by atoms with van der Waals surface area (Å²) < 4.78 is 27.4. The third kappa shape index (κ3) is 4.77. The number of hydrogen-bond donors (Lipinski definition) is 2. The summed E-state index contributed by atoms with van der Waals surface area (Å²) in [5, 5.41) is 8.51. The van der Waals surface area contributed by atoms with Crippen molar-refractivity contribution in [3.05, 3.63) is 29.8 Å². The monoisotopic (exact) mass is 298 g/mol. The summed E-state index contributed by atoms with van der Waals surface area (Å²) in [5.41, 5.74) is 1.73. The first-order chi connectivity index (χ1) is 9.46. The highest BCUT2D eigenvalue weighted by Crippen LogP contribution is 2.24. The van der Waals surface area contributed by atoms with Gasteiger partial charge in [0.2, 0.25) is 10.0 Å². The number of primary sulfonamides is 1. The standard InChI is InChI=1S/C14H22N2O3S/c1-19-14-8-6-13(7-9-14)16-12-4-2-11(3-5-12)10-20(15,17)18/h2-5,13-14,16H,6-10H2,1H3,(H2,15,17,18).